The summed E-state index contributed by atoms with van der Waals surface area (Å²) in [5.74, 6) is -0.262. The summed E-state index contributed by atoms with van der Waals surface area (Å²) in [6.07, 6.45) is 1.82. The van der Waals surface area contributed by atoms with Crippen molar-refractivity contribution in [3.63, 3.8) is 0 Å². The molecule has 96 valence electrons. The van der Waals surface area contributed by atoms with Gasteiger partial charge in [-0.05, 0) is 20.8 Å². The third kappa shape index (κ3) is 4.07. The van der Waals surface area contributed by atoms with Gasteiger partial charge in [-0.3, -0.25) is 9.48 Å². The lowest BCUT2D eigenvalue weighted by molar-refractivity contribution is 0.0745. The van der Waals surface area contributed by atoms with Crippen LogP contribution in [0.2, 0.25) is 0 Å². The maximum Gasteiger partial charge on any atom is 0.274 e. The fraction of sp³-hybridized carbons (Fsp3) is 0.636. The molecule has 0 spiro atoms. The smallest absolute Gasteiger partial charge is 0.274 e. The summed E-state index contributed by atoms with van der Waals surface area (Å²) in [6, 6.07) is 0. The number of rotatable bonds is 6. The van der Waals surface area contributed by atoms with E-state index in [1.165, 1.54) is 0 Å². The topological polar surface area (TPSA) is 82.2 Å². The summed E-state index contributed by atoms with van der Waals surface area (Å²) < 4.78 is 6.95. The second-order valence-electron chi connectivity index (χ2n) is 3.96. The van der Waals surface area contributed by atoms with Crippen molar-refractivity contribution in [1.82, 2.24) is 15.1 Å². The van der Waals surface area contributed by atoms with E-state index in [2.05, 4.69) is 10.4 Å². The van der Waals surface area contributed by atoms with E-state index >= 15 is 0 Å². The molecule has 1 rings (SSSR count). The average Bonchev–Trinajstić information content (AvgIpc) is 2.65. The summed E-state index contributed by atoms with van der Waals surface area (Å²) in [6.45, 7) is 7.46. The molecule has 1 amide bonds. The molecule has 1 aromatic rings. The Morgan fingerprint density at radius 1 is 1.65 bits per heavy atom. The van der Waals surface area contributed by atoms with E-state index in [-0.39, 0.29) is 17.7 Å². The lowest BCUT2D eigenvalue weighted by Crippen LogP contribution is -2.29. The van der Waals surface area contributed by atoms with Crippen LogP contribution in [0.4, 0.5) is 5.69 Å². The Morgan fingerprint density at radius 3 is 2.88 bits per heavy atom. The molecule has 0 bridgehead atoms. The van der Waals surface area contributed by atoms with Crippen LogP contribution in [-0.4, -0.2) is 34.9 Å². The van der Waals surface area contributed by atoms with Crippen molar-refractivity contribution in [3.8, 4) is 0 Å². The van der Waals surface area contributed by atoms with Gasteiger partial charge in [0.2, 0.25) is 0 Å². The van der Waals surface area contributed by atoms with Crippen LogP contribution in [0.5, 0.6) is 0 Å². The van der Waals surface area contributed by atoms with E-state index in [4.69, 9.17) is 10.5 Å². The van der Waals surface area contributed by atoms with Gasteiger partial charge in [0.1, 0.15) is 0 Å². The molecule has 0 atom stereocenters. The molecule has 0 aromatic carbocycles. The summed E-state index contributed by atoms with van der Waals surface area (Å²) in [4.78, 5) is 11.7. The zero-order valence-corrected chi connectivity index (χ0v) is 10.6. The van der Waals surface area contributed by atoms with Crippen LogP contribution in [-0.2, 0) is 11.3 Å². The number of nitrogens with zero attached hydrogens (tertiary/aromatic N) is 2. The first-order valence-corrected chi connectivity index (χ1v) is 5.77. The highest BCUT2D eigenvalue weighted by Gasteiger charge is 2.13. The van der Waals surface area contributed by atoms with E-state index in [0.29, 0.717) is 25.4 Å². The monoisotopic (exact) mass is 240 g/mol. The molecule has 3 N–H and O–H groups in total. The third-order valence-corrected chi connectivity index (χ3v) is 2.17. The summed E-state index contributed by atoms with van der Waals surface area (Å²) in [5, 5.41) is 6.79. The van der Waals surface area contributed by atoms with Crippen LogP contribution in [0.15, 0.2) is 6.20 Å². The van der Waals surface area contributed by atoms with Crippen molar-refractivity contribution >= 4 is 11.6 Å². The predicted octanol–water partition coefficient (Wildman–Crippen LogP) is 0.640. The van der Waals surface area contributed by atoms with Gasteiger partial charge in [0.25, 0.3) is 5.91 Å². The highest BCUT2D eigenvalue weighted by molar-refractivity contribution is 5.96. The number of carbonyl (C=O) groups excluding carboxylic acids is 1. The van der Waals surface area contributed by atoms with Gasteiger partial charge in [-0.15, -0.1) is 0 Å². The van der Waals surface area contributed by atoms with Gasteiger partial charge in [-0.2, -0.15) is 5.10 Å². The lowest BCUT2D eigenvalue weighted by atomic mass is 10.3. The quantitative estimate of drug-likeness (QED) is 0.715. The largest absolute Gasteiger partial charge is 0.396 e. The van der Waals surface area contributed by atoms with E-state index in [1.54, 1.807) is 10.9 Å². The molecule has 0 saturated heterocycles. The minimum absolute atomic E-state index is 0.163. The van der Waals surface area contributed by atoms with Crippen molar-refractivity contribution in [3.05, 3.63) is 11.9 Å². The Labute approximate surface area is 101 Å². The fourth-order valence-corrected chi connectivity index (χ4v) is 1.32. The number of aromatic nitrogens is 2. The highest BCUT2D eigenvalue weighted by Crippen LogP contribution is 2.08. The molecule has 0 saturated carbocycles. The third-order valence-electron chi connectivity index (χ3n) is 2.17. The van der Waals surface area contributed by atoms with Gasteiger partial charge in [-0.1, -0.05) is 0 Å². The number of carbonyl (C=O) groups is 1. The minimum atomic E-state index is -0.262. The Balaban J connectivity index is 2.44. The van der Waals surface area contributed by atoms with Crippen molar-refractivity contribution in [2.75, 3.05) is 18.9 Å². The second kappa shape index (κ2) is 6.24. The fourth-order valence-electron chi connectivity index (χ4n) is 1.32. The molecule has 1 heterocycles. The predicted molar refractivity (Wildman–Crippen MR) is 65.7 cm³/mol. The number of nitrogens with two attached hydrogens (primary N) is 1. The Kier molecular flexibility index (Phi) is 4.96. The van der Waals surface area contributed by atoms with Crippen LogP contribution < -0.4 is 11.1 Å². The summed E-state index contributed by atoms with van der Waals surface area (Å²) in [7, 11) is 0. The standard InChI is InChI=1S/C11H20N4O2/c1-4-15-7-9(12)10(14-15)11(16)13-5-6-17-8(2)3/h7-8H,4-6,12H2,1-3H3,(H,13,16). The Morgan fingerprint density at radius 2 is 2.35 bits per heavy atom. The molecule has 1 aromatic heterocycles. The molecular formula is C11H20N4O2. The highest BCUT2D eigenvalue weighted by atomic mass is 16.5. The van der Waals surface area contributed by atoms with Crippen molar-refractivity contribution in [2.24, 2.45) is 0 Å². The van der Waals surface area contributed by atoms with Gasteiger partial charge >= 0.3 is 0 Å². The first-order valence-electron chi connectivity index (χ1n) is 5.77. The molecular weight excluding hydrogens is 220 g/mol. The number of nitrogen functional groups attached to an aromatic ring is 1. The maximum absolute atomic E-state index is 11.7. The number of hydrogen-bond donors (Lipinski definition) is 2. The van der Waals surface area contributed by atoms with E-state index in [1.807, 2.05) is 20.8 Å². The van der Waals surface area contributed by atoms with Crippen molar-refractivity contribution in [2.45, 2.75) is 33.4 Å². The van der Waals surface area contributed by atoms with Crippen LogP contribution >= 0.6 is 0 Å². The number of anilines is 1. The number of aryl methyl sites for hydroxylation is 1. The number of amides is 1. The molecule has 0 aliphatic carbocycles. The SMILES string of the molecule is CCn1cc(N)c(C(=O)NCCOC(C)C)n1. The zero-order chi connectivity index (χ0) is 12.8. The number of nitrogens with one attached hydrogen (secondary N) is 1. The molecule has 0 aliphatic rings. The number of hydrogen-bond acceptors (Lipinski definition) is 4. The molecule has 6 heteroatoms. The number of ether oxygens (including phenoxy) is 1. The van der Waals surface area contributed by atoms with Crippen LogP contribution in [0.25, 0.3) is 0 Å². The molecule has 6 nitrogen and oxygen atoms in total. The van der Waals surface area contributed by atoms with E-state index in [0.717, 1.165) is 0 Å². The summed E-state index contributed by atoms with van der Waals surface area (Å²) in [5.41, 5.74) is 6.37. The van der Waals surface area contributed by atoms with Gasteiger partial charge in [-0.25, -0.2) is 0 Å². The first-order chi connectivity index (χ1) is 8.04. The van der Waals surface area contributed by atoms with Crippen LogP contribution in [0, 0.1) is 0 Å². The molecule has 17 heavy (non-hydrogen) atoms. The van der Waals surface area contributed by atoms with Crippen molar-refractivity contribution < 1.29 is 9.53 Å². The second-order valence-corrected chi connectivity index (χ2v) is 3.96. The normalized spacial score (nSPS) is 10.8. The Hall–Kier alpha value is -1.56. The zero-order valence-electron chi connectivity index (χ0n) is 10.6. The molecule has 0 aliphatic heterocycles. The van der Waals surface area contributed by atoms with Gasteiger partial charge in [0, 0.05) is 19.3 Å². The van der Waals surface area contributed by atoms with E-state index < -0.39 is 0 Å². The van der Waals surface area contributed by atoms with Crippen LogP contribution in [0.3, 0.4) is 0 Å². The minimum Gasteiger partial charge on any atom is -0.396 e. The average molecular weight is 240 g/mol. The van der Waals surface area contributed by atoms with Gasteiger partial charge in [0.05, 0.1) is 18.4 Å². The van der Waals surface area contributed by atoms with Crippen LogP contribution in [0.1, 0.15) is 31.3 Å². The molecule has 0 fully saturated rings. The molecule has 0 unspecified atom stereocenters. The van der Waals surface area contributed by atoms with Gasteiger partial charge < -0.3 is 15.8 Å². The first kappa shape index (κ1) is 13.5. The van der Waals surface area contributed by atoms with E-state index in [9.17, 15) is 4.79 Å². The van der Waals surface area contributed by atoms with Gasteiger partial charge in [0.15, 0.2) is 5.69 Å². The molecule has 0 radical (unpaired) electrons. The Bertz CT molecular complexity index is 374. The summed E-state index contributed by atoms with van der Waals surface area (Å²) >= 11 is 0. The van der Waals surface area contributed by atoms with Crippen molar-refractivity contribution in [1.29, 1.82) is 0 Å². The maximum atomic E-state index is 11.7. The lowest BCUT2D eigenvalue weighted by Gasteiger charge is -2.07.